The lowest BCUT2D eigenvalue weighted by molar-refractivity contribution is -0.122. The molecule has 2 aromatic heterocycles. The first kappa shape index (κ1) is 21.7. The molecule has 2 unspecified atom stereocenters. The average molecular weight is 440 g/mol. The fraction of sp³-hybridized carbons (Fsp3) is 0.458. The van der Waals surface area contributed by atoms with Crippen molar-refractivity contribution in [3.8, 4) is 11.1 Å². The Hall–Kier alpha value is -2.51. The van der Waals surface area contributed by atoms with Gasteiger partial charge in [0.05, 0.1) is 17.8 Å². The topological polar surface area (TPSA) is 73.2 Å². The quantitative estimate of drug-likeness (QED) is 0.568. The Kier molecular flexibility index (Phi) is 6.83. The molecule has 3 heterocycles. The van der Waals surface area contributed by atoms with Gasteiger partial charge in [0, 0.05) is 36.6 Å². The number of hydrogen-bond donors (Lipinski definition) is 1. The smallest absolute Gasteiger partial charge is 0.262 e. The van der Waals surface area contributed by atoms with E-state index in [4.69, 9.17) is 4.74 Å². The molecular weight excluding hydrogens is 410 g/mol. The number of rotatable bonds is 8. The van der Waals surface area contributed by atoms with Crippen molar-refractivity contribution >= 4 is 27.5 Å². The molecule has 2 atom stereocenters. The summed E-state index contributed by atoms with van der Waals surface area (Å²) in [5.74, 6) is -0.0455. The molecule has 1 aromatic carbocycles. The van der Waals surface area contributed by atoms with E-state index in [9.17, 15) is 9.59 Å². The van der Waals surface area contributed by atoms with Crippen LogP contribution in [0.5, 0.6) is 0 Å². The van der Waals surface area contributed by atoms with Crippen molar-refractivity contribution in [3.63, 3.8) is 0 Å². The van der Waals surface area contributed by atoms with Gasteiger partial charge < -0.3 is 10.1 Å². The summed E-state index contributed by atoms with van der Waals surface area (Å²) in [6.45, 7) is 5.23. The van der Waals surface area contributed by atoms with Crippen molar-refractivity contribution in [2.24, 2.45) is 0 Å². The Labute approximate surface area is 186 Å². The zero-order chi connectivity index (χ0) is 21.8. The number of amides is 1. The molecular formula is C24H29N3O3S. The van der Waals surface area contributed by atoms with Crippen LogP contribution in [0, 0.1) is 6.92 Å². The van der Waals surface area contributed by atoms with Crippen molar-refractivity contribution in [1.29, 1.82) is 0 Å². The van der Waals surface area contributed by atoms with Gasteiger partial charge in [-0.05, 0) is 45.1 Å². The second kappa shape index (κ2) is 9.75. The van der Waals surface area contributed by atoms with Crippen LogP contribution in [0.15, 0.2) is 40.8 Å². The summed E-state index contributed by atoms with van der Waals surface area (Å²) in [7, 11) is 0. The maximum Gasteiger partial charge on any atom is 0.262 e. The van der Waals surface area contributed by atoms with Gasteiger partial charge in [-0.25, -0.2) is 4.98 Å². The van der Waals surface area contributed by atoms with Crippen molar-refractivity contribution < 1.29 is 9.53 Å². The number of nitrogens with one attached hydrogen (secondary N) is 1. The number of ether oxygens (including phenoxy) is 1. The molecule has 0 saturated carbocycles. The Bertz CT molecular complexity index is 1100. The van der Waals surface area contributed by atoms with Crippen LogP contribution in [0.3, 0.4) is 0 Å². The highest BCUT2D eigenvalue weighted by molar-refractivity contribution is 7.17. The molecule has 1 amide bonds. The van der Waals surface area contributed by atoms with Crippen LogP contribution in [0.25, 0.3) is 21.3 Å². The Morgan fingerprint density at radius 1 is 1.35 bits per heavy atom. The van der Waals surface area contributed by atoms with Gasteiger partial charge in [-0.15, -0.1) is 11.3 Å². The first-order valence-electron chi connectivity index (χ1n) is 11.0. The summed E-state index contributed by atoms with van der Waals surface area (Å²) < 4.78 is 7.19. The number of thiophene rings is 1. The predicted octanol–water partition coefficient (Wildman–Crippen LogP) is 4.29. The van der Waals surface area contributed by atoms with Crippen molar-refractivity contribution in [2.45, 2.75) is 64.6 Å². The number of aromatic nitrogens is 2. The zero-order valence-corrected chi connectivity index (χ0v) is 18.9. The van der Waals surface area contributed by atoms with E-state index in [1.165, 1.54) is 16.9 Å². The number of fused-ring (bicyclic) bond motifs is 1. The van der Waals surface area contributed by atoms with Gasteiger partial charge in [-0.1, -0.05) is 29.8 Å². The second-order valence-electron chi connectivity index (χ2n) is 8.37. The van der Waals surface area contributed by atoms with Gasteiger partial charge >= 0.3 is 0 Å². The van der Waals surface area contributed by atoms with Gasteiger partial charge in [-0.2, -0.15) is 0 Å². The molecule has 3 aromatic rings. The molecule has 31 heavy (non-hydrogen) atoms. The number of carbonyl (C=O) groups excluding carboxylic acids is 1. The monoisotopic (exact) mass is 439 g/mol. The van der Waals surface area contributed by atoms with E-state index in [2.05, 4.69) is 10.3 Å². The van der Waals surface area contributed by atoms with Crippen LogP contribution in [0.1, 0.15) is 44.6 Å². The van der Waals surface area contributed by atoms with E-state index in [0.717, 1.165) is 48.2 Å². The minimum absolute atomic E-state index is 0.0455. The van der Waals surface area contributed by atoms with Crippen molar-refractivity contribution in [3.05, 3.63) is 51.9 Å². The Morgan fingerprint density at radius 3 is 2.90 bits per heavy atom. The second-order valence-corrected chi connectivity index (χ2v) is 9.23. The minimum Gasteiger partial charge on any atom is -0.378 e. The van der Waals surface area contributed by atoms with Gasteiger partial charge in [0.25, 0.3) is 5.56 Å². The third kappa shape index (κ3) is 5.22. The lowest BCUT2D eigenvalue weighted by atomic mass is 10.1. The van der Waals surface area contributed by atoms with Gasteiger partial charge in [0.1, 0.15) is 4.83 Å². The summed E-state index contributed by atoms with van der Waals surface area (Å²) in [5.41, 5.74) is 2.99. The third-order valence-electron chi connectivity index (χ3n) is 5.86. The highest BCUT2D eigenvalue weighted by atomic mass is 32.1. The maximum atomic E-state index is 13.1. The van der Waals surface area contributed by atoms with Crippen LogP contribution in [0.4, 0.5) is 0 Å². The molecule has 0 bridgehead atoms. The Balaban J connectivity index is 1.39. The van der Waals surface area contributed by atoms with Crippen LogP contribution in [0.2, 0.25) is 0 Å². The molecule has 0 spiro atoms. The number of nitrogens with zero attached hydrogens (tertiary/aromatic N) is 2. The van der Waals surface area contributed by atoms with Crippen LogP contribution in [-0.2, 0) is 16.1 Å². The summed E-state index contributed by atoms with van der Waals surface area (Å²) in [4.78, 5) is 30.7. The van der Waals surface area contributed by atoms with Gasteiger partial charge in [0.15, 0.2) is 0 Å². The first-order valence-corrected chi connectivity index (χ1v) is 11.8. The Morgan fingerprint density at radius 2 is 2.16 bits per heavy atom. The molecule has 1 saturated heterocycles. The molecule has 1 aliphatic heterocycles. The summed E-state index contributed by atoms with van der Waals surface area (Å²) in [6, 6.07) is 8.23. The van der Waals surface area contributed by atoms with E-state index in [-0.39, 0.29) is 23.9 Å². The van der Waals surface area contributed by atoms with E-state index in [1.54, 1.807) is 10.9 Å². The molecule has 6 nitrogen and oxygen atoms in total. The van der Waals surface area contributed by atoms with Crippen molar-refractivity contribution in [1.82, 2.24) is 14.9 Å². The molecule has 164 valence electrons. The van der Waals surface area contributed by atoms with Gasteiger partial charge in [0.2, 0.25) is 5.91 Å². The van der Waals surface area contributed by atoms with Crippen LogP contribution < -0.4 is 10.9 Å². The SMILES string of the molecule is Cc1ccc(-c2csc3ncn(CCC(=O)NC(C)CCC4CCCO4)c(=O)c23)cc1. The standard InChI is InChI=1S/C24H29N3O3S/c1-16-5-8-18(9-6-16)20-14-31-23-22(20)24(29)27(15-25-23)12-11-21(28)26-17(2)7-10-19-4-3-13-30-19/h5-6,8-9,14-15,17,19H,3-4,7,10-13H2,1-2H3,(H,26,28). The van der Waals surface area contributed by atoms with E-state index >= 15 is 0 Å². The predicted molar refractivity (Wildman–Crippen MR) is 124 cm³/mol. The zero-order valence-electron chi connectivity index (χ0n) is 18.1. The average Bonchev–Trinajstić information content (AvgIpc) is 3.43. The summed E-state index contributed by atoms with van der Waals surface area (Å²) in [5, 5.41) is 5.65. The van der Waals surface area contributed by atoms with Crippen LogP contribution >= 0.6 is 11.3 Å². The number of aryl methyl sites for hydroxylation is 2. The fourth-order valence-corrected chi connectivity index (χ4v) is 4.93. The number of hydrogen-bond acceptors (Lipinski definition) is 5. The van der Waals surface area contributed by atoms with Crippen LogP contribution in [-0.4, -0.2) is 34.2 Å². The third-order valence-corrected chi connectivity index (χ3v) is 6.74. The highest BCUT2D eigenvalue weighted by Crippen LogP contribution is 2.30. The summed E-state index contributed by atoms with van der Waals surface area (Å²) in [6.07, 6.45) is 6.26. The molecule has 7 heteroatoms. The lowest BCUT2D eigenvalue weighted by Crippen LogP contribution is -2.34. The molecule has 1 fully saturated rings. The molecule has 0 aliphatic carbocycles. The van der Waals surface area contributed by atoms with E-state index in [1.807, 2.05) is 43.5 Å². The lowest BCUT2D eigenvalue weighted by Gasteiger charge is -2.16. The fourth-order valence-electron chi connectivity index (χ4n) is 4.02. The normalized spacial score (nSPS) is 17.2. The first-order chi connectivity index (χ1) is 15.0. The van der Waals surface area contributed by atoms with Crippen molar-refractivity contribution in [2.75, 3.05) is 6.61 Å². The highest BCUT2D eigenvalue weighted by Gasteiger charge is 2.18. The molecule has 1 aliphatic rings. The van der Waals surface area contributed by atoms with E-state index < -0.39 is 0 Å². The van der Waals surface area contributed by atoms with Gasteiger partial charge in [-0.3, -0.25) is 14.2 Å². The maximum absolute atomic E-state index is 13.1. The molecule has 1 N–H and O–H groups in total. The molecule has 0 radical (unpaired) electrons. The number of carbonyl (C=O) groups is 1. The number of benzene rings is 1. The minimum atomic E-state index is -0.0962. The largest absolute Gasteiger partial charge is 0.378 e. The summed E-state index contributed by atoms with van der Waals surface area (Å²) >= 11 is 1.47. The molecule has 4 rings (SSSR count). The van der Waals surface area contributed by atoms with E-state index in [0.29, 0.717) is 18.0 Å².